The number of benzene rings is 2. The van der Waals surface area contributed by atoms with Gasteiger partial charge in [-0.1, -0.05) is 50.2 Å². The molecule has 0 radical (unpaired) electrons. The number of nitrogens with one attached hydrogen (secondary N) is 1. The van der Waals surface area contributed by atoms with Crippen LogP contribution < -0.4 is 10.1 Å². The van der Waals surface area contributed by atoms with Gasteiger partial charge < -0.3 is 10.1 Å². The maximum atomic E-state index is 5.99. The Hall–Kier alpha value is -1.91. The van der Waals surface area contributed by atoms with E-state index in [-0.39, 0.29) is 0 Å². The fraction of sp³-hybridized carbons (Fsp3) is 0.316. The van der Waals surface area contributed by atoms with Crippen LogP contribution in [0.3, 0.4) is 0 Å². The smallest absolute Gasteiger partial charge is 0.140 e. The second-order valence-corrected chi connectivity index (χ2v) is 6.97. The van der Waals surface area contributed by atoms with Gasteiger partial charge in [-0.15, -0.1) is 11.3 Å². The molecule has 0 aliphatic rings. The second kappa shape index (κ2) is 7.57. The van der Waals surface area contributed by atoms with Crippen molar-refractivity contribution in [1.29, 1.82) is 0 Å². The number of rotatable bonds is 7. The molecule has 0 saturated heterocycles. The molecule has 1 heterocycles. The number of thiazole rings is 1. The molecule has 0 aliphatic heterocycles. The SMILES string of the molecule is CC(C)CNCc1csc(COc2cccc3ccccc23)n1. The average Bonchev–Trinajstić information content (AvgIpc) is 3.00. The van der Waals surface area contributed by atoms with Crippen LogP contribution in [0, 0.1) is 5.92 Å². The Morgan fingerprint density at radius 3 is 2.83 bits per heavy atom. The quantitative estimate of drug-likeness (QED) is 0.688. The van der Waals surface area contributed by atoms with Crippen LogP contribution in [0.25, 0.3) is 10.8 Å². The molecule has 3 rings (SSSR count). The van der Waals surface area contributed by atoms with Crippen molar-refractivity contribution in [1.82, 2.24) is 10.3 Å². The molecule has 1 aromatic heterocycles. The lowest BCUT2D eigenvalue weighted by Gasteiger charge is -2.08. The highest BCUT2D eigenvalue weighted by Gasteiger charge is 2.05. The molecule has 23 heavy (non-hydrogen) atoms. The van der Waals surface area contributed by atoms with Crippen molar-refractivity contribution in [3.8, 4) is 5.75 Å². The van der Waals surface area contributed by atoms with Crippen molar-refractivity contribution in [2.24, 2.45) is 5.92 Å². The van der Waals surface area contributed by atoms with E-state index in [1.54, 1.807) is 11.3 Å². The monoisotopic (exact) mass is 326 g/mol. The molecule has 0 atom stereocenters. The molecule has 0 spiro atoms. The summed E-state index contributed by atoms with van der Waals surface area (Å²) < 4.78 is 5.99. The molecule has 0 aliphatic carbocycles. The number of fused-ring (bicyclic) bond motifs is 1. The zero-order chi connectivity index (χ0) is 16.1. The van der Waals surface area contributed by atoms with E-state index in [4.69, 9.17) is 4.74 Å². The largest absolute Gasteiger partial charge is 0.486 e. The summed E-state index contributed by atoms with van der Waals surface area (Å²) in [6.45, 7) is 6.76. The predicted octanol–water partition coefficient (Wildman–Crippen LogP) is 4.62. The summed E-state index contributed by atoms with van der Waals surface area (Å²) in [5.74, 6) is 1.57. The standard InChI is InChI=1S/C19H22N2OS/c1-14(2)10-20-11-16-13-23-19(21-16)12-22-18-9-5-7-15-6-3-4-8-17(15)18/h3-9,13-14,20H,10-12H2,1-2H3. The Balaban J connectivity index is 1.61. The van der Waals surface area contributed by atoms with Gasteiger partial charge in [0.05, 0.1) is 5.69 Å². The molecule has 0 amide bonds. The first kappa shape index (κ1) is 16.0. The lowest BCUT2D eigenvalue weighted by atomic mass is 10.1. The number of nitrogens with zero attached hydrogens (tertiary/aromatic N) is 1. The molecule has 2 aromatic carbocycles. The maximum Gasteiger partial charge on any atom is 0.140 e. The molecule has 120 valence electrons. The summed E-state index contributed by atoms with van der Waals surface area (Å²) in [6.07, 6.45) is 0. The van der Waals surface area contributed by atoms with Crippen LogP contribution in [0.1, 0.15) is 24.5 Å². The van der Waals surface area contributed by atoms with E-state index in [1.807, 2.05) is 24.3 Å². The lowest BCUT2D eigenvalue weighted by Crippen LogP contribution is -2.19. The zero-order valence-corrected chi connectivity index (χ0v) is 14.4. The van der Waals surface area contributed by atoms with Gasteiger partial charge in [0.25, 0.3) is 0 Å². The zero-order valence-electron chi connectivity index (χ0n) is 13.6. The van der Waals surface area contributed by atoms with Gasteiger partial charge >= 0.3 is 0 Å². The minimum atomic E-state index is 0.517. The first-order valence-corrected chi connectivity index (χ1v) is 8.85. The Kier molecular flexibility index (Phi) is 5.26. The van der Waals surface area contributed by atoms with Crippen molar-refractivity contribution in [2.45, 2.75) is 27.0 Å². The molecule has 0 fully saturated rings. The van der Waals surface area contributed by atoms with Gasteiger partial charge in [-0.05, 0) is 23.9 Å². The summed E-state index contributed by atoms with van der Waals surface area (Å²) in [5, 5.41) is 8.88. The third-order valence-electron chi connectivity index (χ3n) is 3.56. The molecule has 0 saturated carbocycles. The van der Waals surface area contributed by atoms with Crippen LogP contribution in [0.15, 0.2) is 47.8 Å². The molecule has 3 aromatic rings. The Morgan fingerprint density at radius 2 is 1.96 bits per heavy atom. The molecule has 0 bridgehead atoms. The fourth-order valence-corrected chi connectivity index (χ4v) is 3.15. The summed E-state index contributed by atoms with van der Waals surface area (Å²) in [6, 6.07) is 14.4. The highest BCUT2D eigenvalue weighted by atomic mass is 32.1. The van der Waals surface area contributed by atoms with Crippen LogP contribution >= 0.6 is 11.3 Å². The Bertz CT molecular complexity index is 761. The topological polar surface area (TPSA) is 34.1 Å². The van der Waals surface area contributed by atoms with Gasteiger partial charge in [-0.25, -0.2) is 4.98 Å². The predicted molar refractivity (Wildman–Crippen MR) is 96.9 cm³/mol. The third kappa shape index (κ3) is 4.30. The Labute approximate surface area is 141 Å². The van der Waals surface area contributed by atoms with Crippen molar-refractivity contribution < 1.29 is 4.74 Å². The lowest BCUT2D eigenvalue weighted by molar-refractivity contribution is 0.309. The van der Waals surface area contributed by atoms with Crippen LogP contribution in [0.2, 0.25) is 0 Å². The molecule has 4 heteroatoms. The van der Waals surface area contributed by atoms with Gasteiger partial charge in [0.1, 0.15) is 17.4 Å². The average molecular weight is 326 g/mol. The number of aromatic nitrogens is 1. The molecule has 3 nitrogen and oxygen atoms in total. The molecule has 0 unspecified atom stereocenters. The van der Waals surface area contributed by atoms with Crippen LogP contribution in [0.4, 0.5) is 0 Å². The van der Waals surface area contributed by atoms with E-state index in [0.717, 1.165) is 34.9 Å². The maximum absolute atomic E-state index is 5.99. The van der Waals surface area contributed by atoms with Crippen molar-refractivity contribution >= 4 is 22.1 Å². The van der Waals surface area contributed by atoms with Gasteiger partial charge in [0, 0.05) is 17.3 Å². The third-order valence-corrected chi connectivity index (χ3v) is 4.43. The van der Waals surface area contributed by atoms with E-state index < -0.39 is 0 Å². The highest BCUT2D eigenvalue weighted by Crippen LogP contribution is 2.26. The normalized spacial score (nSPS) is 11.3. The first-order chi connectivity index (χ1) is 11.2. The molecular weight excluding hydrogens is 304 g/mol. The van der Waals surface area contributed by atoms with Gasteiger partial charge in [0.2, 0.25) is 0 Å². The Morgan fingerprint density at radius 1 is 1.13 bits per heavy atom. The first-order valence-electron chi connectivity index (χ1n) is 7.97. The molecular formula is C19H22N2OS. The van der Waals surface area contributed by atoms with E-state index in [1.165, 1.54) is 5.39 Å². The second-order valence-electron chi connectivity index (χ2n) is 6.02. The summed E-state index contributed by atoms with van der Waals surface area (Å²) in [7, 11) is 0. The van der Waals surface area contributed by atoms with Crippen molar-refractivity contribution in [2.75, 3.05) is 6.54 Å². The van der Waals surface area contributed by atoms with Gasteiger partial charge in [0.15, 0.2) is 0 Å². The fourth-order valence-electron chi connectivity index (χ4n) is 2.45. The number of ether oxygens (including phenoxy) is 1. The van der Waals surface area contributed by atoms with E-state index in [9.17, 15) is 0 Å². The minimum absolute atomic E-state index is 0.517. The summed E-state index contributed by atoms with van der Waals surface area (Å²) in [5.41, 5.74) is 1.09. The van der Waals surface area contributed by atoms with Crippen LogP contribution in [-0.2, 0) is 13.2 Å². The van der Waals surface area contributed by atoms with Gasteiger partial charge in [-0.3, -0.25) is 0 Å². The van der Waals surface area contributed by atoms with Crippen molar-refractivity contribution in [3.05, 3.63) is 58.5 Å². The number of hydrogen-bond donors (Lipinski definition) is 1. The summed E-state index contributed by atoms with van der Waals surface area (Å²) >= 11 is 1.66. The van der Waals surface area contributed by atoms with E-state index in [0.29, 0.717) is 12.5 Å². The summed E-state index contributed by atoms with van der Waals surface area (Å²) in [4.78, 5) is 4.63. The highest BCUT2D eigenvalue weighted by molar-refractivity contribution is 7.09. The molecule has 1 N–H and O–H groups in total. The van der Waals surface area contributed by atoms with Crippen molar-refractivity contribution in [3.63, 3.8) is 0 Å². The minimum Gasteiger partial charge on any atom is -0.486 e. The van der Waals surface area contributed by atoms with E-state index in [2.05, 4.69) is 47.7 Å². The van der Waals surface area contributed by atoms with Gasteiger partial charge in [-0.2, -0.15) is 0 Å². The van der Waals surface area contributed by atoms with Crippen LogP contribution in [-0.4, -0.2) is 11.5 Å². The van der Waals surface area contributed by atoms with Crippen LogP contribution in [0.5, 0.6) is 5.75 Å². The number of hydrogen-bond acceptors (Lipinski definition) is 4. The van der Waals surface area contributed by atoms with E-state index >= 15 is 0 Å².